The van der Waals surface area contributed by atoms with Crippen LogP contribution in [0.1, 0.15) is 39.5 Å². The Labute approximate surface area is 155 Å². The van der Waals surface area contributed by atoms with Crippen LogP contribution in [0.15, 0.2) is 0 Å². The van der Waals surface area contributed by atoms with E-state index >= 15 is 0 Å². The van der Waals surface area contributed by atoms with Gasteiger partial charge in [-0.1, -0.05) is 13.8 Å². The molecule has 2 aliphatic carbocycles. The van der Waals surface area contributed by atoms with E-state index in [0.29, 0.717) is 25.3 Å². The molecule has 0 heterocycles. The molecule has 0 aromatic heterocycles. The maximum Gasteiger partial charge on any atom is 0.471 e. The topological polar surface area (TPSA) is 98.7 Å². The predicted octanol–water partition coefficient (Wildman–Crippen LogP) is 1.13. The fourth-order valence-corrected chi connectivity index (χ4v) is 3.20. The molecule has 3 N–H and O–H groups in total. The Morgan fingerprint density at radius 1 is 1.19 bits per heavy atom. The van der Waals surface area contributed by atoms with E-state index in [0.717, 1.165) is 12.8 Å². The molecular weight excluding hydrogens is 367 g/mol. The van der Waals surface area contributed by atoms with Gasteiger partial charge in [0.05, 0.1) is 6.54 Å². The molecule has 0 aromatic carbocycles. The third-order valence-corrected chi connectivity index (χ3v) is 5.00. The van der Waals surface area contributed by atoms with E-state index < -0.39 is 35.9 Å². The molecule has 0 aromatic rings. The molecule has 2 saturated carbocycles. The van der Waals surface area contributed by atoms with E-state index in [9.17, 15) is 27.6 Å². The van der Waals surface area contributed by atoms with Crippen LogP contribution in [0.4, 0.5) is 13.2 Å². The quantitative estimate of drug-likeness (QED) is 0.546. The van der Waals surface area contributed by atoms with Crippen LogP contribution < -0.4 is 10.6 Å². The zero-order valence-corrected chi connectivity index (χ0v) is 15.4. The van der Waals surface area contributed by atoms with E-state index in [1.54, 1.807) is 19.2 Å². The molecule has 2 aliphatic rings. The summed E-state index contributed by atoms with van der Waals surface area (Å²) in [6, 6.07) is -1.48. The Morgan fingerprint density at radius 2 is 1.78 bits per heavy atom. The van der Waals surface area contributed by atoms with Gasteiger partial charge in [-0.15, -0.1) is 0 Å². The molecular formula is C17H26F3N3O4. The number of alkyl halides is 3. The van der Waals surface area contributed by atoms with E-state index in [4.69, 9.17) is 5.11 Å². The second-order valence-corrected chi connectivity index (χ2v) is 7.79. The lowest BCUT2D eigenvalue weighted by Crippen LogP contribution is -2.59. The van der Waals surface area contributed by atoms with Crippen molar-refractivity contribution in [2.24, 2.45) is 11.8 Å². The number of nitrogens with one attached hydrogen (secondary N) is 2. The normalized spacial score (nSPS) is 23.7. The number of amides is 2. The van der Waals surface area contributed by atoms with Crippen LogP contribution in [0, 0.1) is 11.8 Å². The van der Waals surface area contributed by atoms with Gasteiger partial charge in [-0.05, 0) is 37.5 Å². The second kappa shape index (κ2) is 8.45. The van der Waals surface area contributed by atoms with Crippen molar-refractivity contribution < 1.29 is 32.7 Å². The Bertz CT molecular complexity index is 572. The Balaban J connectivity index is 1.84. The monoisotopic (exact) mass is 393 g/mol. The smallest absolute Gasteiger partial charge is 0.471 e. The van der Waals surface area contributed by atoms with Crippen molar-refractivity contribution in [1.29, 1.82) is 0 Å². The fourth-order valence-electron chi connectivity index (χ4n) is 3.20. The first kappa shape index (κ1) is 21.5. The van der Waals surface area contributed by atoms with Crippen LogP contribution in [0.25, 0.3) is 0 Å². The minimum Gasteiger partial charge on any atom is -0.480 e. The van der Waals surface area contributed by atoms with E-state index in [-0.39, 0.29) is 18.6 Å². The maximum atomic E-state index is 12.4. The average molecular weight is 393 g/mol. The molecule has 0 saturated heterocycles. The summed E-state index contributed by atoms with van der Waals surface area (Å²) in [5, 5.41) is 13.4. The Kier molecular flexibility index (Phi) is 6.72. The first-order valence-corrected chi connectivity index (χ1v) is 9.11. The van der Waals surface area contributed by atoms with Gasteiger partial charge in [-0.2, -0.15) is 13.2 Å². The number of nitrogens with zero attached hydrogens (tertiary/aromatic N) is 1. The van der Waals surface area contributed by atoms with Crippen LogP contribution in [-0.4, -0.2) is 65.2 Å². The second-order valence-electron chi connectivity index (χ2n) is 7.79. The molecule has 0 bridgehead atoms. The van der Waals surface area contributed by atoms with Crippen LogP contribution in [0.2, 0.25) is 0 Å². The van der Waals surface area contributed by atoms with Gasteiger partial charge in [0.15, 0.2) is 0 Å². The molecule has 0 radical (unpaired) electrons. The van der Waals surface area contributed by atoms with Gasteiger partial charge in [-0.25, -0.2) is 0 Å². The third kappa shape index (κ3) is 6.37. The van der Waals surface area contributed by atoms with Gasteiger partial charge in [0.2, 0.25) is 5.91 Å². The summed E-state index contributed by atoms with van der Waals surface area (Å²) in [4.78, 5) is 36.3. The fraction of sp³-hybridized carbons (Fsp3) is 0.824. The van der Waals surface area contributed by atoms with E-state index in [1.807, 2.05) is 4.90 Å². The number of hydrogen-bond donors (Lipinski definition) is 3. The van der Waals surface area contributed by atoms with Crippen molar-refractivity contribution in [3.05, 3.63) is 0 Å². The number of rotatable bonds is 9. The zero-order chi connectivity index (χ0) is 20.4. The van der Waals surface area contributed by atoms with Crippen molar-refractivity contribution in [1.82, 2.24) is 15.5 Å². The van der Waals surface area contributed by atoms with Gasteiger partial charge in [-0.3, -0.25) is 19.3 Å². The van der Waals surface area contributed by atoms with Crippen molar-refractivity contribution in [2.45, 2.75) is 63.8 Å². The highest BCUT2D eigenvalue weighted by atomic mass is 19.4. The lowest BCUT2D eigenvalue weighted by Gasteiger charge is -2.43. The van der Waals surface area contributed by atoms with Crippen molar-refractivity contribution in [2.75, 3.05) is 13.1 Å². The van der Waals surface area contributed by atoms with Crippen LogP contribution >= 0.6 is 0 Å². The summed E-state index contributed by atoms with van der Waals surface area (Å²) in [5.74, 6) is -3.68. The first-order chi connectivity index (χ1) is 12.5. The van der Waals surface area contributed by atoms with Crippen molar-refractivity contribution in [3.8, 4) is 0 Å². The SMILES string of the molecule is CC(C)[C@H](NC(=O)C(F)(F)F)C(=O)NC1CC(N(CC(=O)O)CC2CC2)C1. The molecule has 0 spiro atoms. The number of halogens is 3. The van der Waals surface area contributed by atoms with E-state index in [2.05, 4.69) is 5.32 Å². The van der Waals surface area contributed by atoms with Gasteiger partial charge < -0.3 is 15.7 Å². The predicted molar refractivity (Wildman–Crippen MR) is 89.7 cm³/mol. The molecule has 7 nitrogen and oxygen atoms in total. The Hall–Kier alpha value is -1.84. The summed E-state index contributed by atoms with van der Waals surface area (Å²) in [5.41, 5.74) is 0. The molecule has 2 amide bonds. The molecule has 0 unspecified atom stereocenters. The number of carbonyl (C=O) groups excluding carboxylic acids is 2. The summed E-state index contributed by atoms with van der Waals surface area (Å²) < 4.78 is 37.3. The lowest BCUT2D eigenvalue weighted by molar-refractivity contribution is -0.175. The van der Waals surface area contributed by atoms with E-state index in [1.165, 1.54) is 0 Å². The molecule has 154 valence electrons. The minimum atomic E-state index is -5.05. The third-order valence-electron chi connectivity index (χ3n) is 5.00. The van der Waals surface area contributed by atoms with Crippen molar-refractivity contribution >= 4 is 17.8 Å². The minimum absolute atomic E-state index is 0.0364. The van der Waals surface area contributed by atoms with Gasteiger partial charge in [0.25, 0.3) is 0 Å². The number of carboxylic acids is 1. The highest BCUT2D eigenvalue weighted by Crippen LogP contribution is 2.33. The zero-order valence-electron chi connectivity index (χ0n) is 15.4. The highest BCUT2D eigenvalue weighted by Gasteiger charge is 2.43. The first-order valence-electron chi connectivity index (χ1n) is 9.11. The molecule has 0 aliphatic heterocycles. The molecule has 10 heteroatoms. The number of aliphatic carboxylic acids is 1. The number of carbonyl (C=O) groups is 3. The van der Waals surface area contributed by atoms with Gasteiger partial charge in [0, 0.05) is 18.6 Å². The summed E-state index contributed by atoms with van der Waals surface area (Å²) in [6.45, 7) is 3.76. The standard InChI is InChI=1S/C17H26F3N3O4/c1-9(2)14(22-16(27)17(18,19)20)15(26)21-11-5-12(6-11)23(8-13(24)25)7-10-3-4-10/h9-12,14H,3-8H2,1-2H3,(H,21,26)(H,22,27)(H,24,25)/t11?,12?,14-/m0/s1. The number of hydrogen-bond acceptors (Lipinski definition) is 4. The van der Waals surface area contributed by atoms with Crippen LogP contribution in [0.3, 0.4) is 0 Å². The van der Waals surface area contributed by atoms with Crippen LogP contribution in [0.5, 0.6) is 0 Å². The van der Waals surface area contributed by atoms with Gasteiger partial charge >= 0.3 is 18.1 Å². The number of carboxylic acid groups (broad SMARTS) is 1. The summed E-state index contributed by atoms with van der Waals surface area (Å²) in [6.07, 6.45) is -1.77. The molecule has 27 heavy (non-hydrogen) atoms. The summed E-state index contributed by atoms with van der Waals surface area (Å²) in [7, 11) is 0. The largest absolute Gasteiger partial charge is 0.480 e. The maximum absolute atomic E-state index is 12.4. The molecule has 2 fully saturated rings. The molecule has 1 atom stereocenters. The Morgan fingerprint density at radius 3 is 2.22 bits per heavy atom. The van der Waals surface area contributed by atoms with Gasteiger partial charge in [0.1, 0.15) is 6.04 Å². The summed E-state index contributed by atoms with van der Waals surface area (Å²) >= 11 is 0. The lowest BCUT2D eigenvalue weighted by atomic mass is 9.84. The highest BCUT2D eigenvalue weighted by molar-refractivity contribution is 5.90. The molecule has 2 rings (SSSR count). The average Bonchev–Trinajstić information content (AvgIpc) is 3.28. The van der Waals surface area contributed by atoms with Crippen LogP contribution in [-0.2, 0) is 14.4 Å². The van der Waals surface area contributed by atoms with Crippen molar-refractivity contribution in [3.63, 3.8) is 0 Å².